The molecule has 0 saturated heterocycles. The fourth-order valence-corrected chi connectivity index (χ4v) is 2.63. The van der Waals surface area contributed by atoms with Gasteiger partial charge in [0.25, 0.3) is 0 Å². The van der Waals surface area contributed by atoms with Gasteiger partial charge in [-0.05, 0) is 29.2 Å². The summed E-state index contributed by atoms with van der Waals surface area (Å²) in [6.45, 7) is 6.47. The van der Waals surface area contributed by atoms with Crippen molar-refractivity contribution in [1.29, 1.82) is 0 Å². The molecule has 0 unspecified atom stereocenters. The average Bonchev–Trinajstić information content (AvgIpc) is 2.59. The molecule has 23 heavy (non-hydrogen) atoms. The minimum absolute atomic E-state index is 0.458. The van der Waals surface area contributed by atoms with Gasteiger partial charge in [-0.25, -0.2) is 4.99 Å². The number of hydrogen-bond donors (Lipinski definition) is 2. The highest BCUT2D eigenvalue weighted by atomic mass is 16.5. The smallest absolute Gasteiger partial charge is 0.196 e. The van der Waals surface area contributed by atoms with E-state index in [1.165, 1.54) is 11.1 Å². The quantitative estimate of drug-likeness (QED) is 0.830. The molecule has 0 amide bonds. The predicted molar refractivity (Wildman–Crippen MR) is 94.4 cm³/mol. The first-order valence-corrected chi connectivity index (χ1v) is 8.10. The number of benzene rings is 2. The van der Waals surface area contributed by atoms with Crippen LogP contribution >= 0.6 is 0 Å². The summed E-state index contributed by atoms with van der Waals surface area (Å²) in [5, 5.41) is 6.58. The minimum atomic E-state index is 0.458. The Morgan fingerprint density at radius 2 is 1.91 bits per heavy atom. The fraction of sp³-hybridized carbons (Fsp3) is 0.316. The maximum atomic E-state index is 5.91. The van der Waals surface area contributed by atoms with Crippen LogP contribution in [0.25, 0.3) is 0 Å². The Labute approximate surface area is 137 Å². The molecule has 0 fully saturated rings. The molecule has 1 aliphatic heterocycles. The van der Waals surface area contributed by atoms with E-state index in [0.29, 0.717) is 19.1 Å². The van der Waals surface area contributed by atoms with E-state index in [1.54, 1.807) is 0 Å². The SMILES string of the molecule is CC(C)c1ccccc1OCCNC1=Nc2ccccc2CN1. The van der Waals surface area contributed by atoms with Crippen molar-refractivity contribution < 1.29 is 4.74 Å². The Hall–Kier alpha value is -2.49. The maximum absolute atomic E-state index is 5.91. The second-order valence-electron chi connectivity index (χ2n) is 5.91. The molecule has 4 heteroatoms. The van der Waals surface area contributed by atoms with Crippen molar-refractivity contribution in [3.63, 3.8) is 0 Å². The number of guanidine groups is 1. The number of rotatable bonds is 5. The number of hydrogen-bond acceptors (Lipinski definition) is 4. The Morgan fingerprint density at radius 1 is 1.13 bits per heavy atom. The van der Waals surface area contributed by atoms with Crippen LogP contribution in [0.3, 0.4) is 0 Å². The molecule has 4 nitrogen and oxygen atoms in total. The summed E-state index contributed by atoms with van der Waals surface area (Å²) < 4.78 is 5.91. The summed E-state index contributed by atoms with van der Waals surface area (Å²) in [7, 11) is 0. The van der Waals surface area contributed by atoms with Crippen LogP contribution in [0.5, 0.6) is 5.75 Å². The lowest BCUT2D eigenvalue weighted by Crippen LogP contribution is -2.40. The van der Waals surface area contributed by atoms with Gasteiger partial charge in [-0.3, -0.25) is 0 Å². The summed E-state index contributed by atoms with van der Waals surface area (Å²) >= 11 is 0. The van der Waals surface area contributed by atoms with E-state index in [4.69, 9.17) is 4.74 Å². The normalized spacial score (nSPS) is 13.1. The highest BCUT2D eigenvalue weighted by molar-refractivity contribution is 5.84. The van der Waals surface area contributed by atoms with Gasteiger partial charge in [0, 0.05) is 6.54 Å². The van der Waals surface area contributed by atoms with Gasteiger partial charge < -0.3 is 15.4 Å². The molecular weight excluding hydrogens is 286 g/mol. The summed E-state index contributed by atoms with van der Waals surface area (Å²) in [6, 6.07) is 16.4. The molecule has 2 N–H and O–H groups in total. The molecule has 2 aromatic carbocycles. The zero-order valence-corrected chi connectivity index (χ0v) is 13.7. The lowest BCUT2D eigenvalue weighted by molar-refractivity contribution is 0.317. The third-order valence-electron chi connectivity index (χ3n) is 3.86. The Balaban J connectivity index is 1.52. The van der Waals surface area contributed by atoms with Crippen LogP contribution in [0.15, 0.2) is 53.5 Å². The van der Waals surface area contributed by atoms with E-state index in [0.717, 1.165) is 23.9 Å². The van der Waals surface area contributed by atoms with E-state index < -0.39 is 0 Å². The molecule has 3 rings (SSSR count). The number of ether oxygens (including phenoxy) is 1. The van der Waals surface area contributed by atoms with Crippen LogP contribution < -0.4 is 15.4 Å². The Kier molecular flexibility index (Phi) is 4.81. The summed E-state index contributed by atoms with van der Waals surface area (Å²) in [6.07, 6.45) is 0. The largest absolute Gasteiger partial charge is 0.491 e. The highest BCUT2D eigenvalue weighted by Gasteiger charge is 2.10. The summed E-state index contributed by atoms with van der Waals surface area (Å²) in [5.41, 5.74) is 3.49. The monoisotopic (exact) mass is 309 g/mol. The molecule has 120 valence electrons. The van der Waals surface area contributed by atoms with Gasteiger partial charge in [-0.15, -0.1) is 0 Å². The highest BCUT2D eigenvalue weighted by Crippen LogP contribution is 2.25. The van der Waals surface area contributed by atoms with Crippen molar-refractivity contribution in [2.75, 3.05) is 13.2 Å². The molecule has 1 aliphatic rings. The average molecular weight is 309 g/mol. The lowest BCUT2D eigenvalue weighted by Gasteiger charge is -2.19. The number of fused-ring (bicyclic) bond motifs is 1. The first-order valence-electron chi connectivity index (χ1n) is 8.10. The van der Waals surface area contributed by atoms with E-state index in [1.807, 2.05) is 30.3 Å². The molecule has 0 atom stereocenters. The first kappa shape index (κ1) is 15.4. The maximum Gasteiger partial charge on any atom is 0.196 e. The topological polar surface area (TPSA) is 45.6 Å². The molecular formula is C19H23N3O. The van der Waals surface area contributed by atoms with Gasteiger partial charge in [0.05, 0.1) is 12.2 Å². The van der Waals surface area contributed by atoms with Gasteiger partial charge in [0.15, 0.2) is 5.96 Å². The van der Waals surface area contributed by atoms with Gasteiger partial charge >= 0.3 is 0 Å². The van der Waals surface area contributed by atoms with Crippen molar-refractivity contribution in [2.24, 2.45) is 4.99 Å². The molecule has 0 bridgehead atoms. The molecule has 1 heterocycles. The second-order valence-corrected chi connectivity index (χ2v) is 5.91. The molecule has 0 saturated carbocycles. The summed E-state index contributed by atoms with van der Waals surface area (Å²) in [5.74, 6) is 2.23. The van der Waals surface area contributed by atoms with Gasteiger partial charge in [-0.1, -0.05) is 50.2 Å². The predicted octanol–water partition coefficient (Wildman–Crippen LogP) is 3.57. The van der Waals surface area contributed by atoms with Crippen molar-refractivity contribution >= 4 is 11.6 Å². The van der Waals surface area contributed by atoms with E-state index in [9.17, 15) is 0 Å². The van der Waals surface area contributed by atoms with Crippen molar-refractivity contribution in [3.05, 3.63) is 59.7 Å². The third kappa shape index (κ3) is 3.83. The summed E-state index contributed by atoms with van der Waals surface area (Å²) in [4.78, 5) is 4.57. The van der Waals surface area contributed by atoms with Crippen molar-refractivity contribution in [2.45, 2.75) is 26.3 Å². The van der Waals surface area contributed by atoms with E-state index in [2.05, 4.69) is 47.7 Å². The van der Waals surface area contributed by atoms with Crippen LogP contribution in [-0.4, -0.2) is 19.1 Å². The van der Waals surface area contributed by atoms with Crippen molar-refractivity contribution in [1.82, 2.24) is 10.6 Å². The van der Waals surface area contributed by atoms with Gasteiger partial charge in [0.2, 0.25) is 0 Å². The van der Waals surface area contributed by atoms with E-state index >= 15 is 0 Å². The van der Waals surface area contributed by atoms with Crippen molar-refractivity contribution in [3.8, 4) is 5.75 Å². The van der Waals surface area contributed by atoms with Crippen LogP contribution in [0.1, 0.15) is 30.9 Å². The van der Waals surface area contributed by atoms with Gasteiger partial charge in [-0.2, -0.15) is 0 Å². The molecule has 0 radical (unpaired) electrons. The standard InChI is InChI=1S/C19H23N3O/c1-14(2)16-8-4-6-10-18(16)23-12-11-20-19-21-13-15-7-3-5-9-17(15)22-19/h3-10,14H,11-13H2,1-2H3,(H2,20,21,22). The Bertz CT molecular complexity index is 695. The fourth-order valence-electron chi connectivity index (χ4n) is 2.63. The molecule has 0 spiro atoms. The van der Waals surface area contributed by atoms with E-state index in [-0.39, 0.29) is 0 Å². The van der Waals surface area contributed by atoms with Crippen LogP contribution in [-0.2, 0) is 6.54 Å². The molecule has 2 aromatic rings. The van der Waals surface area contributed by atoms with Crippen LogP contribution in [0.2, 0.25) is 0 Å². The number of nitrogens with one attached hydrogen (secondary N) is 2. The number of nitrogens with zero attached hydrogens (tertiary/aromatic N) is 1. The lowest BCUT2D eigenvalue weighted by atomic mass is 10.0. The Morgan fingerprint density at radius 3 is 2.78 bits per heavy atom. The van der Waals surface area contributed by atoms with Crippen LogP contribution in [0.4, 0.5) is 5.69 Å². The number of para-hydroxylation sites is 2. The second kappa shape index (κ2) is 7.18. The first-order chi connectivity index (χ1) is 11.2. The number of aliphatic imine (C=N–C) groups is 1. The van der Waals surface area contributed by atoms with Gasteiger partial charge in [0.1, 0.15) is 12.4 Å². The molecule has 0 aliphatic carbocycles. The zero-order valence-electron chi connectivity index (χ0n) is 13.7. The zero-order chi connectivity index (χ0) is 16.1. The minimum Gasteiger partial charge on any atom is -0.491 e. The third-order valence-corrected chi connectivity index (χ3v) is 3.86. The molecule has 0 aromatic heterocycles. The van der Waals surface area contributed by atoms with Crippen LogP contribution in [0, 0.1) is 0 Å².